The summed E-state index contributed by atoms with van der Waals surface area (Å²) >= 11 is 6.66. The molecule has 1 fully saturated rings. The minimum atomic E-state index is -0.242. The number of fused-ring (bicyclic) bond motifs is 2. The van der Waals surface area contributed by atoms with Crippen LogP contribution in [0.3, 0.4) is 0 Å². The first-order valence-electron chi connectivity index (χ1n) is 11.1. The SMILES string of the molecule is Fc1ccc2c(ccn2-c2cc(Cl)c3c(c2)CN(Cc2ccnc(C4COC4)c2)CCO3)c1. The lowest BCUT2D eigenvalue weighted by atomic mass is 10.0. The standard InChI is InChI=1S/C26H23ClFN3O2/c27-23-12-22(31-6-4-18-10-21(28)1-2-25(18)31)11-19-14-30(7-8-33-26(19)23)13-17-3-5-29-24(9-17)20-15-32-16-20/h1-6,9-12,20H,7-8,13-16H2. The van der Waals surface area contributed by atoms with E-state index in [0.717, 1.165) is 66.4 Å². The lowest BCUT2D eigenvalue weighted by Crippen LogP contribution is -2.27. The Bertz CT molecular complexity index is 1330. The number of hydrogen-bond donors (Lipinski definition) is 0. The molecule has 33 heavy (non-hydrogen) atoms. The first-order valence-corrected chi connectivity index (χ1v) is 11.5. The maximum Gasteiger partial charge on any atom is 0.142 e. The van der Waals surface area contributed by atoms with Crippen LogP contribution < -0.4 is 4.74 Å². The zero-order valence-corrected chi connectivity index (χ0v) is 18.8. The number of nitrogens with zero attached hydrogens (tertiary/aromatic N) is 3. The fourth-order valence-electron chi connectivity index (χ4n) is 4.60. The maximum absolute atomic E-state index is 13.6. The van der Waals surface area contributed by atoms with Gasteiger partial charge in [0, 0.05) is 60.3 Å². The van der Waals surface area contributed by atoms with E-state index in [1.165, 1.54) is 11.6 Å². The highest BCUT2D eigenvalue weighted by Gasteiger charge is 2.23. The summed E-state index contributed by atoms with van der Waals surface area (Å²) in [5.74, 6) is 0.908. The molecule has 1 saturated heterocycles. The van der Waals surface area contributed by atoms with E-state index in [0.29, 0.717) is 17.5 Å². The van der Waals surface area contributed by atoms with Gasteiger partial charge in [-0.15, -0.1) is 0 Å². The molecular formula is C26H23ClFN3O2. The number of hydrogen-bond acceptors (Lipinski definition) is 4. The summed E-state index contributed by atoms with van der Waals surface area (Å²) in [5.41, 5.74) is 5.24. The maximum atomic E-state index is 13.6. The normalized spacial score (nSPS) is 16.8. The summed E-state index contributed by atoms with van der Waals surface area (Å²) in [6.07, 6.45) is 3.83. The van der Waals surface area contributed by atoms with Crippen molar-refractivity contribution in [3.05, 3.63) is 88.6 Å². The number of halogens is 2. The van der Waals surface area contributed by atoms with Crippen LogP contribution in [0.5, 0.6) is 5.75 Å². The summed E-state index contributed by atoms with van der Waals surface area (Å²) in [6, 6.07) is 15.0. The summed E-state index contributed by atoms with van der Waals surface area (Å²) in [6.45, 7) is 4.41. The summed E-state index contributed by atoms with van der Waals surface area (Å²) in [5, 5.41) is 1.44. The van der Waals surface area contributed by atoms with Crippen LogP contribution in [0.4, 0.5) is 4.39 Å². The van der Waals surface area contributed by atoms with E-state index in [9.17, 15) is 4.39 Å². The van der Waals surface area contributed by atoms with Crippen LogP contribution in [-0.2, 0) is 17.8 Å². The Morgan fingerprint density at radius 3 is 2.85 bits per heavy atom. The molecule has 2 aliphatic rings. The van der Waals surface area contributed by atoms with Crippen LogP contribution in [0.2, 0.25) is 5.02 Å². The average molecular weight is 464 g/mol. The van der Waals surface area contributed by atoms with Crippen molar-refractivity contribution in [2.75, 3.05) is 26.4 Å². The minimum Gasteiger partial charge on any atom is -0.490 e. The highest BCUT2D eigenvalue weighted by Crippen LogP contribution is 2.35. The second-order valence-corrected chi connectivity index (χ2v) is 9.09. The Hall–Kier alpha value is -2.93. The van der Waals surface area contributed by atoms with Gasteiger partial charge in [0.05, 0.1) is 23.8 Å². The molecule has 0 bridgehead atoms. The van der Waals surface area contributed by atoms with Gasteiger partial charge in [0.25, 0.3) is 0 Å². The zero-order chi connectivity index (χ0) is 22.4. The smallest absolute Gasteiger partial charge is 0.142 e. The summed E-state index contributed by atoms with van der Waals surface area (Å²) < 4.78 is 27.0. The van der Waals surface area contributed by atoms with Crippen LogP contribution in [0.15, 0.2) is 60.9 Å². The third-order valence-electron chi connectivity index (χ3n) is 6.39. The van der Waals surface area contributed by atoms with E-state index >= 15 is 0 Å². The summed E-state index contributed by atoms with van der Waals surface area (Å²) in [4.78, 5) is 6.89. The second kappa shape index (κ2) is 8.45. The monoisotopic (exact) mass is 463 g/mol. The predicted molar refractivity (Wildman–Crippen MR) is 126 cm³/mol. The quantitative estimate of drug-likeness (QED) is 0.410. The van der Waals surface area contributed by atoms with E-state index in [4.69, 9.17) is 21.1 Å². The van der Waals surface area contributed by atoms with Crippen molar-refractivity contribution in [2.24, 2.45) is 0 Å². The van der Waals surface area contributed by atoms with Gasteiger partial charge >= 0.3 is 0 Å². The Labute approximate surface area is 196 Å². The largest absolute Gasteiger partial charge is 0.490 e. The van der Waals surface area contributed by atoms with E-state index in [-0.39, 0.29) is 5.82 Å². The topological polar surface area (TPSA) is 39.5 Å². The van der Waals surface area contributed by atoms with Crippen molar-refractivity contribution in [1.82, 2.24) is 14.5 Å². The molecule has 0 spiro atoms. The van der Waals surface area contributed by atoms with Gasteiger partial charge in [-0.2, -0.15) is 0 Å². The number of aromatic nitrogens is 2. The lowest BCUT2D eigenvalue weighted by molar-refractivity contribution is 0.00666. The Morgan fingerprint density at radius 1 is 1.09 bits per heavy atom. The van der Waals surface area contributed by atoms with E-state index in [1.54, 1.807) is 12.1 Å². The van der Waals surface area contributed by atoms with Gasteiger partial charge in [0.15, 0.2) is 0 Å². The second-order valence-electron chi connectivity index (χ2n) is 8.69. The molecule has 0 aliphatic carbocycles. The molecule has 5 nitrogen and oxygen atoms in total. The van der Waals surface area contributed by atoms with Gasteiger partial charge < -0.3 is 14.0 Å². The van der Waals surface area contributed by atoms with Gasteiger partial charge in [0.2, 0.25) is 0 Å². The van der Waals surface area contributed by atoms with Crippen molar-refractivity contribution >= 4 is 22.5 Å². The fraction of sp³-hybridized carbons (Fsp3) is 0.269. The zero-order valence-electron chi connectivity index (χ0n) is 18.0. The van der Waals surface area contributed by atoms with Crippen LogP contribution >= 0.6 is 11.6 Å². The van der Waals surface area contributed by atoms with Crippen LogP contribution in [0.1, 0.15) is 22.7 Å². The first-order chi connectivity index (χ1) is 16.1. The molecule has 0 radical (unpaired) electrons. The lowest BCUT2D eigenvalue weighted by Gasteiger charge is -2.26. The highest BCUT2D eigenvalue weighted by molar-refractivity contribution is 6.32. The average Bonchev–Trinajstić information content (AvgIpc) is 3.06. The van der Waals surface area contributed by atoms with Gasteiger partial charge in [0.1, 0.15) is 18.2 Å². The molecule has 7 heteroatoms. The van der Waals surface area contributed by atoms with Gasteiger partial charge in [-0.3, -0.25) is 9.88 Å². The Kier molecular flexibility index (Phi) is 5.29. The van der Waals surface area contributed by atoms with Crippen molar-refractivity contribution in [3.63, 3.8) is 0 Å². The molecule has 0 saturated carbocycles. The molecule has 0 amide bonds. The molecule has 2 aromatic carbocycles. The van der Waals surface area contributed by atoms with Crippen molar-refractivity contribution < 1.29 is 13.9 Å². The molecule has 4 heterocycles. The van der Waals surface area contributed by atoms with Crippen LogP contribution in [0.25, 0.3) is 16.6 Å². The van der Waals surface area contributed by atoms with E-state index in [1.807, 2.05) is 29.1 Å². The molecule has 2 aromatic heterocycles. The molecule has 6 rings (SSSR count). The number of rotatable bonds is 4. The third-order valence-corrected chi connectivity index (χ3v) is 6.67. The van der Waals surface area contributed by atoms with E-state index < -0.39 is 0 Å². The molecular weight excluding hydrogens is 441 g/mol. The fourth-order valence-corrected chi connectivity index (χ4v) is 4.89. The Morgan fingerprint density at radius 2 is 2.00 bits per heavy atom. The molecule has 4 aromatic rings. The van der Waals surface area contributed by atoms with Crippen molar-refractivity contribution in [2.45, 2.75) is 19.0 Å². The molecule has 168 valence electrons. The minimum absolute atomic E-state index is 0.242. The third kappa shape index (κ3) is 3.99. The Balaban J connectivity index is 1.30. The number of pyridine rings is 1. The van der Waals surface area contributed by atoms with E-state index in [2.05, 4.69) is 28.1 Å². The van der Waals surface area contributed by atoms with Crippen molar-refractivity contribution in [1.29, 1.82) is 0 Å². The van der Waals surface area contributed by atoms with Gasteiger partial charge in [-0.05, 0) is 54.1 Å². The van der Waals surface area contributed by atoms with Crippen LogP contribution in [-0.4, -0.2) is 40.8 Å². The van der Waals surface area contributed by atoms with Crippen LogP contribution in [0, 0.1) is 5.82 Å². The number of ether oxygens (including phenoxy) is 2. The molecule has 0 unspecified atom stereocenters. The van der Waals surface area contributed by atoms with Crippen molar-refractivity contribution in [3.8, 4) is 11.4 Å². The molecule has 2 aliphatic heterocycles. The van der Waals surface area contributed by atoms with Gasteiger partial charge in [-0.1, -0.05) is 11.6 Å². The molecule has 0 atom stereocenters. The van der Waals surface area contributed by atoms with Gasteiger partial charge in [-0.25, -0.2) is 4.39 Å². The number of benzene rings is 2. The predicted octanol–water partition coefficient (Wildman–Crippen LogP) is 5.33. The highest BCUT2D eigenvalue weighted by atomic mass is 35.5. The first kappa shape index (κ1) is 20.7. The molecule has 0 N–H and O–H groups in total. The summed E-state index contributed by atoms with van der Waals surface area (Å²) in [7, 11) is 0.